The molecule has 1 amide bonds. The fraction of sp³-hybridized carbons (Fsp3) is 0.944. The van der Waals surface area contributed by atoms with Gasteiger partial charge in [-0.3, -0.25) is 9.69 Å². The van der Waals surface area contributed by atoms with Crippen LogP contribution in [0.5, 0.6) is 0 Å². The number of likely N-dealkylation sites (tertiary alicyclic amines) is 1. The Morgan fingerprint density at radius 3 is 2.04 bits per heavy atom. The fourth-order valence-corrected chi connectivity index (χ4v) is 5.61. The van der Waals surface area contributed by atoms with Crippen LogP contribution in [0.25, 0.3) is 0 Å². The molecule has 2 aliphatic heterocycles. The Labute approximate surface area is 152 Å². The molecule has 0 unspecified atom stereocenters. The van der Waals surface area contributed by atoms with Crippen molar-refractivity contribution in [1.82, 2.24) is 14.1 Å². The largest absolute Gasteiger partial charge is 0.342 e. The zero-order chi connectivity index (χ0) is 17.7. The molecule has 0 bridgehead atoms. The van der Waals surface area contributed by atoms with Crippen LogP contribution < -0.4 is 0 Å². The van der Waals surface area contributed by atoms with Gasteiger partial charge in [0.05, 0.1) is 12.3 Å². The molecule has 0 atom stereocenters. The van der Waals surface area contributed by atoms with Crippen LogP contribution in [0.4, 0.5) is 0 Å². The van der Waals surface area contributed by atoms with Crippen LogP contribution in [-0.4, -0.2) is 80.0 Å². The van der Waals surface area contributed by atoms with E-state index >= 15 is 0 Å². The van der Waals surface area contributed by atoms with Crippen LogP contribution in [0.15, 0.2) is 0 Å². The zero-order valence-electron chi connectivity index (χ0n) is 15.4. The first-order chi connectivity index (χ1) is 12.0. The Morgan fingerprint density at radius 2 is 1.48 bits per heavy atom. The molecule has 2 heterocycles. The molecule has 1 saturated carbocycles. The fourth-order valence-electron chi connectivity index (χ4n) is 4.00. The van der Waals surface area contributed by atoms with E-state index in [-0.39, 0.29) is 5.91 Å². The van der Waals surface area contributed by atoms with Crippen molar-refractivity contribution < 1.29 is 13.2 Å². The Hall–Kier alpha value is -0.660. The van der Waals surface area contributed by atoms with Gasteiger partial charge in [0, 0.05) is 39.3 Å². The predicted octanol–water partition coefficient (Wildman–Crippen LogP) is 1.53. The van der Waals surface area contributed by atoms with Crippen LogP contribution in [0, 0.1) is 5.92 Å². The van der Waals surface area contributed by atoms with Crippen LogP contribution >= 0.6 is 0 Å². The quantitative estimate of drug-likeness (QED) is 0.710. The topological polar surface area (TPSA) is 60.9 Å². The standard InChI is InChI=1S/C18H33N3O3S/c22-18(20-9-3-1-2-4-10-20)16-19-11-13-21(14-12-19)25(23,24)15-8-17-6-5-7-17/h17H,1-16H2. The average Bonchev–Trinajstić information content (AvgIpc) is 2.83. The lowest BCUT2D eigenvalue weighted by Crippen LogP contribution is -2.52. The highest BCUT2D eigenvalue weighted by Gasteiger charge is 2.29. The van der Waals surface area contributed by atoms with Crippen molar-refractivity contribution in [3.05, 3.63) is 0 Å². The maximum Gasteiger partial charge on any atom is 0.236 e. The molecular formula is C18H33N3O3S. The van der Waals surface area contributed by atoms with E-state index in [4.69, 9.17) is 0 Å². The van der Waals surface area contributed by atoms with Gasteiger partial charge in [0.1, 0.15) is 0 Å². The first kappa shape index (κ1) is 19.1. The molecule has 0 aromatic rings. The van der Waals surface area contributed by atoms with Gasteiger partial charge in [0.15, 0.2) is 0 Å². The number of hydrogen-bond acceptors (Lipinski definition) is 4. The minimum Gasteiger partial charge on any atom is -0.342 e. The Balaban J connectivity index is 1.40. The molecule has 6 nitrogen and oxygen atoms in total. The van der Waals surface area contributed by atoms with E-state index in [0.717, 1.165) is 32.4 Å². The summed E-state index contributed by atoms with van der Waals surface area (Å²) in [5, 5.41) is 0. The molecule has 2 saturated heterocycles. The second-order valence-corrected chi connectivity index (χ2v) is 9.96. The number of sulfonamides is 1. The Morgan fingerprint density at radius 1 is 0.840 bits per heavy atom. The van der Waals surface area contributed by atoms with Gasteiger partial charge in [-0.05, 0) is 25.2 Å². The van der Waals surface area contributed by atoms with Gasteiger partial charge < -0.3 is 4.90 Å². The number of carbonyl (C=O) groups excluding carboxylic acids is 1. The zero-order valence-corrected chi connectivity index (χ0v) is 16.2. The molecule has 3 aliphatic rings. The molecule has 0 spiro atoms. The normalized spacial score (nSPS) is 24.7. The van der Waals surface area contributed by atoms with Gasteiger partial charge in [-0.25, -0.2) is 8.42 Å². The van der Waals surface area contributed by atoms with Crippen LogP contribution in [0.3, 0.4) is 0 Å². The second-order valence-electron chi connectivity index (χ2n) is 7.87. The monoisotopic (exact) mass is 371 g/mol. The third-order valence-electron chi connectivity index (χ3n) is 6.05. The lowest BCUT2D eigenvalue weighted by Gasteiger charge is -2.35. The summed E-state index contributed by atoms with van der Waals surface area (Å²) in [5.74, 6) is 1.13. The molecule has 25 heavy (non-hydrogen) atoms. The highest BCUT2D eigenvalue weighted by molar-refractivity contribution is 7.89. The highest BCUT2D eigenvalue weighted by Crippen LogP contribution is 2.30. The summed E-state index contributed by atoms with van der Waals surface area (Å²) in [7, 11) is -3.12. The maximum absolute atomic E-state index is 12.5. The highest BCUT2D eigenvalue weighted by atomic mass is 32.2. The van der Waals surface area contributed by atoms with Gasteiger partial charge in [0.2, 0.25) is 15.9 Å². The molecule has 0 aromatic carbocycles. The molecule has 3 rings (SSSR count). The van der Waals surface area contributed by atoms with E-state index in [1.807, 2.05) is 4.90 Å². The third-order valence-corrected chi connectivity index (χ3v) is 7.95. The van der Waals surface area contributed by atoms with Gasteiger partial charge >= 0.3 is 0 Å². The molecule has 3 fully saturated rings. The van der Waals surface area contributed by atoms with Gasteiger partial charge in [-0.2, -0.15) is 4.31 Å². The van der Waals surface area contributed by atoms with Crippen molar-refractivity contribution in [2.45, 2.75) is 51.4 Å². The number of nitrogens with zero attached hydrogens (tertiary/aromatic N) is 3. The maximum atomic E-state index is 12.5. The third kappa shape index (κ3) is 5.41. The van der Waals surface area contributed by atoms with E-state index in [0.29, 0.717) is 44.4 Å². The lowest BCUT2D eigenvalue weighted by molar-refractivity contribution is -0.132. The van der Waals surface area contributed by atoms with Crippen molar-refractivity contribution in [3.8, 4) is 0 Å². The molecule has 0 radical (unpaired) electrons. The van der Waals surface area contributed by atoms with E-state index in [1.165, 1.54) is 32.1 Å². The second kappa shape index (κ2) is 8.82. The summed E-state index contributed by atoms with van der Waals surface area (Å²) in [5.41, 5.74) is 0. The summed E-state index contributed by atoms with van der Waals surface area (Å²) < 4.78 is 26.6. The minimum atomic E-state index is -3.12. The number of rotatable bonds is 6. The van der Waals surface area contributed by atoms with Gasteiger partial charge in [0.25, 0.3) is 0 Å². The minimum absolute atomic E-state index is 0.211. The lowest BCUT2D eigenvalue weighted by atomic mass is 9.84. The summed E-state index contributed by atoms with van der Waals surface area (Å²) in [6, 6.07) is 0. The van der Waals surface area contributed by atoms with Crippen molar-refractivity contribution in [1.29, 1.82) is 0 Å². The Bertz CT molecular complexity index is 532. The smallest absolute Gasteiger partial charge is 0.236 e. The van der Waals surface area contributed by atoms with E-state index < -0.39 is 10.0 Å². The van der Waals surface area contributed by atoms with Crippen molar-refractivity contribution >= 4 is 15.9 Å². The first-order valence-electron chi connectivity index (χ1n) is 10.0. The number of hydrogen-bond donors (Lipinski definition) is 0. The number of amides is 1. The number of carbonyl (C=O) groups is 1. The summed E-state index contributed by atoms with van der Waals surface area (Å²) in [4.78, 5) is 16.6. The Kier molecular flexibility index (Phi) is 6.74. The molecular weight excluding hydrogens is 338 g/mol. The van der Waals surface area contributed by atoms with E-state index in [9.17, 15) is 13.2 Å². The van der Waals surface area contributed by atoms with E-state index in [1.54, 1.807) is 4.31 Å². The van der Waals surface area contributed by atoms with Crippen molar-refractivity contribution in [3.63, 3.8) is 0 Å². The summed E-state index contributed by atoms with van der Waals surface area (Å²) in [6.45, 7) is 4.60. The molecule has 0 N–H and O–H groups in total. The average molecular weight is 372 g/mol. The van der Waals surface area contributed by atoms with Crippen LogP contribution in [0.2, 0.25) is 0 Å². The first-order valence-corrected chi connectivity index (χ1v) is 11.6. The number of piperazine rings is 1. The summed E-state index contributed by atoms with van der Waals surface area (Å²) >= 11 is 0. The summed E-state index contributed by atoms with van der Waals surface area (Å²) in [6.07, 6.45) is 9.13. The molecule has 144 valence electrons. The molecule has 1 aliphatic carbocycles. The van der Waals surface area contributed by atoms with E-state index in [2.05, 4.69) is 4.90 Å². The van der Waals surface area contributed by atoms with Crippen LogP contribution in [-0.2, 0) is 14.8 Å². The molecule has 0 aromatic heterocycles. The van der Waals surface area contributed by atoms with Crippen molar-refractivity contribution in [2.75, 3.05) is 51.6 Å². The van der Waals surface area contributed by atoms with Crippen molar-refractivity contribution in [2.24, 2.45) is 5.92 Å². The SMILES string of the molecule is O=C(CN1CCN(S(=O)(=O)CCC2CCC2)CC1)N1CCCCCC1. The van der Waals surface area contributed by atoms with Gasteiger partial charge in [-0.1, -0.05) is 32.1 Å². The van der Waals surface area contributed by atoms with Crippen LogP contribution in [0.1, 0.15) is 51.4 Å². The van der Waals surface area contributed by atoms with Gasteiger partial charge in [-0.15, -0.1) is 0 Å². The molecule has 7 heteroatoms. The predicted molar refractivity (Wildman–Crippen MR) is 98.8 cm³/mol.